The molecule has 0 bridgehead atoms. The Kier molecular flexibility index (Phi) is 4.72. The molecule has 8 heteroatoms. The highest BCUT2D eigenvalue weighted by Crippen LogP contribution is 2.34. The summed E-state index contributed by atoms with van der Waals surface area (Å²) in [5, 5.41) is 9.30. The lowest BCUT2D eigenvalue weighted by atomic mass is 10.1. The first-order valence-electron chi connectivity index (χ1n) is 9.19. The molecule has 1 amide bonds. The number of aryl methyl sites for hydroxylation is 1. The number of nitrogens with one attached hydrogen (secondary N) is 1. The summed E-state index contributed by atoms with van der Waals surface area (Å²) in [6.45, 7) is 5.86. The van der Waals surface area contributed by atoms with E-state index in [1.165, 1.54) is 32.3 Å². The number of hydrogen-bond donors (Lipinski definition) is 1. The first-order chi connectivity index (χ1) is 13.5. The van der Waals surface area contributed by atoms with Crippen LogP contribution >= 0.6 is 11.3 Å². The molecule has 0 aliphatic rings. The normalized spacial score (nSPS) is 12.5. The van der Waals surface area contributed by atoms with Crippen molar-refractivity contribution in [2.45, 2.75) is 39.8 Å². The SMILES string of the molecule is CCC(C)NC(=O)Cn1nc2c3scc(-c4ccc(C)cc4)c3ncn2c1=O. The Morgan fingerprint density at radius 1 is 1.29 bits per heavy atom. The second kappa shape index (κ2) is 7.20. The summed E-state index contributed by atoms with van der Waals surface area (Å²) < 4.78 is 3.42. The van der Waals surface area contributed by atoms with Crippen molar-refractivity contribution in [3.05, 3.63) is 52.0 Å². The number of fused-ring (bicyclic) bond motifs is 3. The molecule has 0 aliphatic carbocycles. The summed E-state index contributed by atoms with van der Waals surface area (Å²) in [5.74, 6) is -0.226. The van der Waals surface area contributed by atoms with Crippen LogP contribution in [0.2, 0.25) is 0 Å². The monoisotopic (exact) mass is 395 g/mol. The highest BCUT2D eigenvalue weighted by molar-refractivity contribution is 7.18. The van der Waals surface area contributed by atoms with Gasteiger partial charge in [0.15, 0.2) is 5.65 Å². The zero-order valence-electron chi connectivity index (χ0n) is 16.0. The fourth-order valence-corrected chi connectivity index (χ4v) is 4.03. The lowest BCUT2D eigenvalue weighted by Crippen LogP contribution is -2.37. The number of benzene rings is 1. The van der Waals surface area contributed by atoms with Crippen LogP contribution in [0.15, 0.2) is 40.8 Å². The average Bonchev–Trinajstić information content (AvgIpc) is 3.24. The van der Waals surface area contributed by atoms with E-state index in [-0.39, 0.29) is 24.2 Å². The Hall–Kier alpha value is -3.00. The third kappa shape index (κ3) is 3.20. The Bertz CT molecular complexity index is 1220. The molecule has 1 N–H and O–H groups in total. The fourth-order valence-electron chi connectivity index (χ4n) is 3.03. The van der Waals surface area contributed by atoms with Gasteiger partial charge in [-0.05, 0) is 25.8 Å². The van der Waals surface area contributed by atoms with Crippen LogP contribution in [0.3, 0.4) is 0 Å². The number of carbonyl (C=O) groups is 1. The maximum Gasteiger partial charge on any atom is 0.352 e. The largest absolute Gasteiger partial charge is 0.352 e. The van der Waals surface area contributed by atoms with E-state index in [0.29, 0.717) is 5.65 Å². The van der Waals surface area contributed by atoms with Crippen LogP contribution in [-0.2, 0) is 11.3 Å². The molecule has 1 atom stereocenters. The zero-order chi connectivity index (χ0) is 19.8. The molecule has 0 saturated carbocycles. The minimum atomic E-state index is -0.367. The van der Waals surface area contributed by atoms with E-state index >= 15 is 0 Å². The highest BCUT2D eigenvalue weighted by atomic mass is 32.1. The molecule has 28 heavy (non-hydrogen) atoms. The topological polar surface area (TPSA) is 81.3 Å². The molecule has 1 unspecified atom stereocenters. The van der Waals surface area contributed by atoms with E-state index in [0.717, 1.165) is 27.8 Å². The van der Waals surface area contributed by atoms with Crippen LogP contribution in [0.1, 0.15) is 25.8 Å². The molecule has 0 radical (unpaired) electrons. The van der Waals surface area contributed by atoms with Gasteiger partial charge in [0.25, 0.3) is 0 Å². The van der Waals surface area contributed by atoms with Gasteiger partial charge >= 0.3 is 5.69 Å². The molecule has 0 fully saturated rings. The summed E-state index contributed by atoms with van der Waals surface area (Å²) >= 11 is 1.50. The zero-order valence-corrected chi connectivity index (χ0v) is 16.8. The number of aromatic nitrogens is 4. The Labute approximate surface area is 165 Å². The van der Waals surface area contributed by atoms with Crippen molar-refractivity contribution in [2.75, 3.05) is 0 Å². The Morgan fingerprint density at radius 3 is 2.75 bits per heavy atom. The standard InChI is InChI=1S/C20H21N5O2S/c1-4-13(3)22-16(26)9-25-20(27)24-11-21-17-15(10-28-18(17)19(24)23-25)14-7-5-12(2)6-8-14/h5-8,10-11,13H,4,9H2,1-3H3,(H,22,26). The molecule has 7 nitrogen and oxygen atoms in total. The van der Waals surface area contributed by atoms with Gasteiger partial charge in [-0.25, -0.2) is 18.9 Å². The molecular formula is C20H21N5O2S. The van der Waals surface area contributed by atoms with Gasteiger partial charge in [0.2, 0.25) is 5.91 Å². The second-order valence-electron chi connectivity index (χ2n) is 6.95. The van der Waals surface area contributed by atoms with E-state index in [1.54, 1.807) is 0 Å². The lowest BCUT2D eigenvalue weighted by molar-refractivity contribution is -0.122. The summed E-state index contributed by atoms with van der Waals surface area (Å²) in [5.41, 5.74) is 4.24. The third-order valence-corrected chi connectivity index (χ3v) is 5.78. The van der Waals surface area contributed by atoms with Crippen LogP contribution in [0.5, 0.6) is 0 Å². The lowest BCUT2D eigenvalue weighted by Gasteiger charge is -2.10. The highest BCUT2D eigenvalue weighted by Gasteiger charge is 2.17. The second-order valence-corrected chi connectivity index (χ2v) is 7.83. The van der Waals surface area contributed by atoms with E-state index in [2.05, 4.69) is 39.7 Å². The number of thiophene rings is 1. The van der Waals surface area contributed by atoms with Crippen molar-refractivity contribution in [3.8, 4) is 11.1 Å². The predicted molar refractivity (Wildman–Crippen MR) is 111 cm³/mol. The van der Waals surface area contributed by atoms with Gasteiger partial charge in [-0.1, -0.05) is 36.8 Å². The van der Waals surface area contributed by atoms with Crippen LogP contribution in [0.25, 0.3) is 27.0 Å². The number of nitrogens with zero attached hydrogens (tertiary/aromatic N) is 4. The molecule has 144 valence electrons. The van der Waals surface area contributed by atoms with Crippen LogP contribution in [0, 0.1) is 6.92 Å². The molecule has 0 aliphatic heterocycles. The minimum Gasteiger partial charge on any atom is -0.352 e. The van der Waals surface area contributed by atoms with Gasteiger partial charge in [0.05, 0.1) is 10.2 Å². The summed E-state index contributed by atoms with van der Waals surface area (Å²) in [6, 6.07) is 8.31. The van der Waals surface area contributed by atoms with Crippen molar-refractivity contribution in [2.24, 2.45) is 0 Å². The maximum atomic E-state index is 12.6. The summed E-state index contributed by atoms with van der Waals surface area (Å²) in [6.07, 6.45) is 2.31. The predicted octanol–water partition coefficient (Wildman–Crippen LogP) is 3.00. The first kappa shape index (κ1) is 18.4. The van der Waals surface area contributed by atoms with Crippen LogP contribution < -0.4 is 11.0 Å². The number of carbonyl (C=O) groups excluding carboxylic acids is 1. The molecule has 3 aromatic heterocycles. The number of rotatable bonds is 5. The number of hydrogen-bond acceptors (Lipinski definition) is 5. The first-order valence-corrected chi connectivity index (χ1v) is 10.1. The molecule has 4 aromatic rings. The van der Waals surface area contributed by atoms with Crippen molar-refractivity contribution in [1.82, 2.24) is 24.5 Å². The van der Waals surface area contributed by atoms with Crippen molar-refractivity contribution < 1.29 is 4.79 Å². The van der Waals surface area contributed by atoms with Crippen molar-refractivity contribution in [3.63, 3.8) is 0 Å². The van der Waals surface area contributed by atoms with Crippen LogP contribution in [-0.4, -0.2) is 31.1 Å². The molecular weight excluding hydrogens is 374 g/mol. The van der Waals surface area contributed by atoms with Gasteiger partial charge in [-0.3, -0.25) is 4.79 Å². The van der Waals surface area contributed by atoms with Crippen molar-refractivity contribution >= 4 is 33.1 Å². The van der Waals surface area contributed by atoms with Gasteiger partial charge < -0.3 is 5.32 Å². The van der Waals surface area contributed by atoms with Crippen molar-refractivity contribution in [1.29, 1.82) is 0 Å². The third-order valence-electron chi connectivity index (χ3n) is 4.82. The Morgan fingerprint density at radius 2 is 2.04 bits per heavy atom. The molecule has 3 heterocycles. The maximum absolute atomic E-state index is 12.6. The smallest absolute Gasteiger partial charge is 0.352 e. The summed E-state index contributed by atoms with van der Waals surface area (Å²) in [7, 11) is 0. The molecule has 1 aromatic carbocycles. The van der Waals surface area contributed by atoms with E-state index in [1.807, 2.05) is 26.2 Å². The van der Waals surface area contributed by atoms with E-state index < -0.39 is 0 Å². The van der Waals surface area contributed by atoms with Gasteiger partial charge in [-0.2, -0.15) is 0 Å². The summed E-state index contributed by atoms with van der Waals surface area (Å²) in [4.78, 5) is 29.3. The average molecular weight is 395 g/mol. The van der Waals surface area contributed by atoms with E-state index in [9.17, 15) is 9.59 Å². The van der Waals surface area contributed by atoms with Gasteiger partial charge in [-0.15, -0.1) is 16.4 Å². The van der Waals surface area contributed by atoms with Gasteiger partial charge in [0, 0.05) is 17.0 Å². The molecule has 4 rings (SSSR count). The van der Waals surface area contributed by atoms with E-state index in [4.69, 9.17) is 0 Å². The minimum absolute atomic E-state index is 0.0583. The fraction of sp³-hybridized carbons (Fsp3) is 0.300. The number of amides is 1. The van der Waals surface area contributed by atoms with Gasteiger partial charge in [0.1, 0.15) is 12.9 Å². The Balaban J connectivity index is 1.75. The quantitative estimate of drug-likeness (QED) is 0.563. The van der Waals surface area contributed by atoms with Crippen LogP contribution in [0.4, 0.5) is 0 Å². The molecule has 0 saturated heterocycles. The molecule has 0 spiro atoms.